The summed E-state index contributed by atoms with van der Waals surface area (Å²) in [6, 6.07) is 1.43. The van der Waals surface area contributed by atoms with Crippen molar-refractivity contribution in [1.82, 2.24) is 15.2 Å². The Morgan fingerprint density at radius 3 is 2.88 bits per heavy atom. The Bertz CT molecular complexity index is 382. The fourth-order valence-corrected chi connectivity index (χ4v) is 2.96. The summed E-state index contributed by atoms with van der Waals surface area (Å²) in [4.78, 5) is 6.94. The predicted molar refractivity (Wildman–Crippen MR) is 65.8 cm³/mol. The average molecular weight is 235 g/mol. The van der Waals surface area contributed by atoms with Crippen LogP contribution in [-0.2, 0) is 6.54 Å². The highest BCUT2D eigenvalue weighted by molar-refractivity contribution is 5.05. The highest BCUT2D eigenvalue weighted by atomic mass is 16.4. The molecule has 2 bridgehead atoms. The van der Waals surface area contributed by atoms with Crippen LogP contribution in [0.3, 0.4) is 0 Å². The number of likely N-dealkylation sites (tertiary alicyclic amines) is 1. The number of aryl methyl sites for hydroxylation is 2. The second-order valence-corrected chi connectivity index (χ2v) is 5.41. The van der Waals surface area contributed by atoms with Gasteiger partial charge in [0.2, 0.25) is 5.89 Å². The molecule has 2 unspecified atom stereocenters. The number of nitrogens with one attached hydrogen (secondary N) is 1. The van der Waals surface area contributed by atoms with Gasteiger partial charge in [-0.15, -0.1) is 0 Å². The Labute approximate surface area is 102 Å². The lowest BCUT2D eigenvalue weighted by atomic mass is 10.1. The summed E-state index contributed by atoms with van der Waals surface area (Å²) >= 11 is 0. The fraction of sp³-hybridized carbons (Fsp3) is 0.769. The molecule has 3 heterocycles. The van der Waals surface area contributed by atoms with Crippen molar-refractivity contribution in [1.29, 1.82) is 0 Å². The van der Waals surface area contributed by atoms with Gasteiger partial charge in [-0.05, 0) is 33.1 Å². The Kier molecular flexibility index (Phi) is 2.92. The lowest BCUT2D eigenvalue weighted by Crippen LogP contribution is -2.35. The van der Waals surface area contributed by atoms with Crippen LogP contribution in [0.5, 0.6) is 0 Å². The number of hydrogen-bond acceptors (Lipinski definition) is 4. The second kappa shape index (κ2) is 4.42. The lowest BCUT2D eigenvalue weighted by Gasteiger charge is -2.22. The molecular formula is C13H21N3O. The molecule has 0 aliphatic carbocycles. The van der Waals surface area contributed by atoms with Gasteiger partial charge in [0.25, 0.3) is 0 Å². The molecule has 2 fully saturated rings. The van der Waals surface area contributed by atoms with Gasteiger partial charge < -0.3 is 9.73 Å². The van der Waals surface area contributed by atoms with E-state index in [1.165, 1.54) is 19.3 Å². The van der Waals surface area contributed by atoms with Crippen LogP contribution in [0.1, 0.15) is 36.6 Å². The maximum Gasteiger partial charge on any atom is 0.208 e. The first-order valence-corrected chi connectivity index (χ1v) is 6.62. The zero-order valence-corrected chi connectivity index (χ0v) is 10.7. The van der Waals surface area contributed by atoms with Gasteiger partial charge in [0.05, 0.1) is 12.2 Å². The molecule has 3 rings (SSSR count). The molecule has 17 heavy (non-hydrogen) atoms. The number of hydrogen-bond donors (Lipinski definition) is 1. The molecule has 2 aliphatic rings. The first-order valence-electron chi connectivity index (χ1n) is 6.62. The van der Waals surface area contributed by atoms with Crippen molar-refractivity contribution < 1.29 is 4.42 Å². The molecule has 0 spiro atoms. The van der Waals surface area contributed by atoms with E-state index in [-0.39, 0.29) is 0 Å². The number of fused-ring (bicyclic) bond motifs is 2. The quantitative estimate of drug-likeness (QED) is 0.845. The zero-order chi connectivity index (χ0) is 11.8. The SMILES string of the molecule is Cc1nc(CN2CCC3CCC(C2)N3)oc1C. The predicted octanol–water partition coefficient (Wildman–Crippen LogP) is 1.62. The molecule has 1 aromatic heterocycles. The third-order valence-corrected chi connectivity index (χ3v) is 4.04. The van der Waals surface area contributed by atoms with Crippen molar-refractivity contribution in [3.63, 3.8) is 0 Å². The molecule has 0 radical (unpaired) electrons. The molecule has 4 heteroatoms. The Morgan fingerprint density at radius 1 is 1.29 bits per heavy atom. The second-order valence-electron chi connectivity index (χ2n) is 5.41. The average Bonchev–Trinajstić information content (AvgIpc) is 2.76. The molecule has 0 saturated carbocycles. The van der Waals surface area contributed by atoms with Crippen molar-refractivity contribution >= 4 is 0 Å². The zero-order valence-electron chi connectivity index (χ0n) is 10.7. The minimum atomic E-state index is 0.680. The van der Waals surface area contributed by atoms with Crippen LogP contribution < -0.4 is 5.32 Å². The van der Waals surface area contributed by atoms with Crippen LogP contribution in [0.2, 0.25) is 0 Å². The van der Waals surface area contributed by atoms with Crippen molar-refractivity contribution in [2.45, 2.75) is 51.7 Å². The van der Waals surface area contributed by atoms with Crippen LogP contribution in [0.25, 0.3) is 0 Å². The van der Waals surface area contributed by atoms with E-state index in [0.717, 1.165) is 43.0 Å². The number of oxazole rings is 1. The van der Waals surface area contributed by atoms with Crippen LogP contribution in [0.4, 0.5) is 0 Å². The first kappa shape index (κ1) is 11.2. The van der Waals surface area contributed by atoms with Gasteiger partial charge in [-0.3, -0.25) is 4.90 Å². The van der Waals surface area contributed by atoms with E-state index in [0.29, 0.717) is 6.04 Å². The summed E-state index contributed by atoms with van der Waals surface area (Å²) in [6.07, 6.45) is 3.94. The first-order chi connectivity index (χ1) is 8.20. The van der Waals surface area contributed by atoms with Crippen molar-refractivity contribution in [3.05, 3.63) is 17.3 Å². The van der Waals surface area contributed by atoms with Crippen LogP contribution in [-0.4, -0.2) is 35.1 Å². The molecule has 0 aromatic carbocycles. The van der Waals surface area contributed by atoms with Crippen LogP contribution in [0, 0.1) is 13.8 Å². The van der Waals surface area contributed by atoms with Crippen molar-refractivity contribution in [3.8, 4) is 0 Å². The molecule has 1 aromatic rings. The van der Waals surface area contributed by atoms with Gasteiger partial charge in [-0.25, -0.2) is 4.98 Å². The summed E-state index contributed by atoms with van der Waals surface area (Å²) < 4.78 is 5.66. The normalized spacial score (nSPS) is 29.5. The highest BCUT2D eigenvalue weighted by Crippen LogP contribution is 2.21. The van der Waals surface area contributed by atoms with E-state index >= 15 is 0 Å². The largest absolute Gasteiger partial charge is 0.444 e. The molecule has 2 aliphatic heterocycles. The maximum atomic E-state index is 5.66. The standard InChI is InChI=1S/C13H21N3O/c1-9-10(2)17-13(14-9)8-16-6-5-11-3-4-12(7-16)15-11/h11-12,15H,3-8H2,1-2H3. The molecule has 4 nitrogen and oxygen atoms in total. The Hall–Kier alpha value is -0.870. The van der Waals surface area contributed by atoms with Gasteiger partial charge in [0.15, 0.2) is 0 Å². The van der Waals surface area contributed by atoms with Gasteiger partial charge in [0, 0.05) is 25.2 Å². The molecular weight excluding hydrogens is 214 g/mol. The summed E-state index contributed by atoms with van der Waals surface area (Å²) in [5.41, 5.74) is 1.02. The van der Waals surface area contributed by atoms with Gasteiger partial charge in [-0.2, -0.15) is 0 Å². The van der Waals surface area contributed by atoms with Crippen molar-refractivity contribution in [2.24, 2.45) is 0 Å². The lowest BCUT2D eigenvalue weighted by molar-refractivity contribution is 0.226. The molecule has 2 saturated heterocycles. The maximum absolute atomic E-state index is 5.66. The van der Waals surface area contributed by atoms with E-state index in [1.54, 1.807) is 0 Å². The smallest absolute Gasteiger partial charge is 0.208 e. The summed E-state index contributed by atoms with van der Waals surface area (Å²) in [7, 11) is 0. The van der Waals surface area contributed by atoms with Gasteiger partial charge >= 0.3 is 0 Å². The van der Waals surface area contributed by atoms with E-state index in [9.17, 15) is 0 Å². The molecule has 94 valence electrons. The fourth-order valence-electron chi connectivity index (χ4n) is 2.96. The third-order valence-electron chi connectivity index (χ3n) is 4.04. The summed E-state index contributed by atoms with van der Waals surface area (Å²) in [5.74, 6) is 1.83. The minimum absolute atomic E-state index is 0.680. The van der Waals surface area contributed by atoms with Crippen LogP contribution in [0.15, 0.2) is 4.42 Å². The number of nitrogens with zero attached hydrogens (tertiary/aromatic N) is 2. The topological polar surface area (TPSA) is 41.3 Å². The molecule has 0 amide bonds. The summed E-state index contributed by atoms with van der Waals surface area (Å²) in [6.45, 7) is 7.15. The summed E-state index contributed by atoms with van der Waals surface area (Å²) in [5, 5.41) is 3.69. The monoisotopic (exact) mass is 235 g/mol. The van der Waals surface area contributed by atoms with E-state index in [2.05, 4.69) is 15.2 Å². The van der Waals surface area contributed by atoms with Gasteiger partial charge in [-0.1, -0.05) is 0 Å². The van der Waals surface area contributed by atoms with E-state index in [4.69, 9.17) is 4.42 Å². The van der Waals surface area contributed by atoms with Crippen LogP contribution >= 0.6 is 0 Å². The van der Waals surface area contributed by atoms with Crippen molar-refractivity contribution in [2.75, 3.05) is 13.1 Å². The Balaban J connectivity index is 1.65. The minimum Gasteiger partial charge on any atom is -0.444 e. The molecule has 2 atom stereocenters. The number of rotatable bonds is 2. The van der Waals surface area contributed by atoms with E-state index < -0.39 is 0 Å². The molecule has 1 N–H and O–H groups in total. The van der Waals surface area contributed by atoms with Gasteiger partial charge in [0.1, 0.15) is 5.76 Å². The van der Waals surface area contributed by atoms with E-state index in [1.807, 2.05) is 13.8 Å². The Morgan fingerprint density at radius 2 is 2.12 bits per heavy atom. The highest BCUT2D eigenvalue weighted by Gasteiger charge is 2.29. The third kappa shape index (κ3) is 2.38. The number of aromatic nitrogens is 1.